The monoisotopic (exact) mass is 303 g/mol. The predicted molar refractivity (Wildman–Crippen MR) is 78.3 cm³/mol. The Balaban J connectivity index is 1.49. The summed E-state index contributed by atoms with van der Waals surface area (Å²) in [4.78, 5) is 22.6. The summed E-state index contributed by atoms with van der Waals surface area (Å²) in [5.74, 6) is 0.675. The number of rotatable bonds is 4. The van der Waals surface area contributed by atoms with E-state index in [2.05, 4.69) is 9.97 Å². The third kappa shape index (κ3) is 2.73. The highest BCUT2D eigenvalue weighted by Gasteiger charge is 2.47. The van der Waals surface area contributed by atoms with Crippen LogP contribution >= 0.6 is 0 Å². The van der Waals surface area contributed by atoms with Crippen molar-refractivity contribution in [2.45, 2.75) is 43.9 Å². The molecule has 0 spiro atoms. The SMILES string of the molecule is O=C(c1ccncn1)N1C[C@@H](OCC2CC2)[C@H]2OCCC[C@H]21. The van der Waals surface area contributed by atoms with Crippen LogP contribution in [-0.4, -0.2) is 58.8 Å². The van der Waals surface area contributed by atoms with Crippen LogP contribution in [0.1, 0.15) is 36.2 Å². The fraction of sp³-hybridized carbons (Fsp3) is 0.688. The van der Waals surface area contributed by atoms with Crippen molar-refractivity contribution in [1.82, 2.24) is 14.9 Å². The average Bonchev–Trinajstić information content (AvgIpc) is 3.34. The van der Waals surface area contributed by atoms with Gasteiger partial charge in [0.15, 0.2) is 0 Å². The van der Waals surface area contributed by atoms with Crippen LogP contribution in [-0.2, 0) is 9.47 Å². The van der Waals surface area contributed by atoms with Gasteiger partial charge in [0.25, 0.3) is 5.91 Å². The van der Waals surface area contributed by atoms with Crippen molar-refractivity contribution in [3.05, 3.63) is 24.3 Å². The van der Waals surface area contributed by atoms with E-state index in [4.69, 9.17) is 9.47 Å². The zero-order chi connectivity index (χ0) is 14.9. The largest absolute Gasteiger partial charge is 0.373 e. The van der Waals surface area contributed by atoms with Gasteiger partial charge in [-0.05, 0) is 37.7 Å². The molecule has 0 radical (unpaired) electrons. The highest BCUT2D eigenvalue weighted by molar-refractivity contribution is 5.92. The zero-order valence-electron chi connectivity index (χ0n) is 12.6. The smallest absolute Gasteiger partial charge is 0.273 e. The first-order valence-electron chi connectivity index (χ1n) is 8.13. The number of hydrogen-bond acceptors (Lipinski definition) is 5. The molecular formula is C16H21N3O3. The lowest BCUT2D eigenvalue weighted by Crippen LogP contribution is -2.44. The third-order valence-corrected chi connectivity index (χ3v) is 4.78. The third-order valence-electron chi connectivity index (χ3n) is 4.78. The lowest BCUT2D eigenvalue weighted by atomic mass is 10.0. The molecule has 1 aliphatic carbocycles. The maximum atomic E-state index is 12.7. The second-order valence-electron chi connectivity index (χ2n) is 6.41. The highest BCUT2D eigenvalue weighted by atomic mass is 16.5. The van der Waals surface area contributed by atoms with E-state index in [-0.39, 0.29) is 24.2 Å². The molecule has 1 saturated carbocycles. The normalized spacial score (nSPS) is 31.1. The molecule has 0 aromatic carbocycles. The topological polar surface area (TPSA) is 64.6 Å². The van der Waals surface area contributed by atoms with Gasteiger partial charge < -0.3 is 14.4 Å². The van der Waals surface area contributed by atoms with Crippen LogP contribution in [0.4, 0.5) is 0 Å². The molecule has 3 atom stereocenters. The summed E-state index contributed by atoms with van der Waals surface area (Å²) >= 11 is 0. The van der Waals surface area contributed by atoms with Crippen molar-refractivity contribution in [2.24, 2.45) is 5.92 Å². The highest BCUT2D eigenvalue weighted by Crippen LogP contribution is 2.34. The van der Waals surface area contributed by atoms with Crippen LogP contribution in [0.3, 0.4) is 0 Å². The molecule has 6 nitrogen and oxygen atoms in total. The Kier molecular flexibility index (Phi) is 3.80. The average molecular weight is 303 g/mol. The van der Waals surface area contributed by atoms with E-state index >= 15 is 0 Å². The van der Waals surface area contributed by atoms with Crippen molar-refractivity contribution in [1.29, 1.82) is 0 Å². The molecule has 3 fully saturated rings. The van der Waals surface area contributed by atoms with E-state index in [0.717, 1.165) is 26.1 Å². The first-order valence-corrected chi connectivity index (χ1v) is 8.13. The molecule has 0 N–H and O–H groups in total. The van der Waals surface area contributed by atoms with Crippen LogP contribution in [0.5, 0.6) is 0 Å². The van der Waals surface area contributed by atoms with Gasteiger partial charge >= 0.3 is 0 Å². The second-order valence-corrected chi connectivity index (χ2v) is 6.41. The maximum absolute atomic E-state index is 12.7. The summed E-state index contributed by atoms with van der Waals surface area (Å²) in [6.07, 6.45) is 7.53. The van der Waals surface area contributed by atoms with Crippen LogP contribution in [0.2, 0.25) is 0 Å². The molecule has 2 aliphatic heterocycles. The number of amides is 1. The molecule has 118 valence electrons. The van der Waals surface area contributed by atoms with Crippen molar-refractivity contribution in [3.8, 4) is 0 Å². The second kappa shape index (κ2) is 5.93. The van der Waals surface area contributed by atoms with Gasteiger partial charge in [0.2, 0.25) is 0 Å². The summed E-state index contributed by atoms with van der Waals surface area (Å²) < 4.78 is 12.0. The van der Waals surface area contributed by atoms with Gasteiger partial charge in [0.1, 0.15) is 24.2 Å². The van der Waals surface area contributed by atoms with Crippen LogP contribution in [0, 0.1) is 5.92 Å². The van der Waals surface area contributed by atoms with Gasteiger partial charge in [-0.25, -0.2) is 9.97 Å². The molecule has 22 heavy (non-hydrogen) atoms. The standard InChI is InChI=1S/C16H21N3O3/c20-16(12-5-6-17-10-18-12)19-8-14(22-9-11-3-4-11)15-13(19)2-1-7-21-15/h5-6,10-11,13-15H,1-4,7-9H2/t13-,14-,15+/m1/s1. The minimum Gasteiger partial charge on any atom is -0.373 e. The molecule has 1 amide bonds. The molecule has 0 bridgehead atoms. The quantitative estimate of drug-likeness (QED) is 0.838. The summed E-state index contributed by atoms with van der Waals surface area (Å²) in [6, 6.07) is 1.78. The number of likely N-dealkylation sites (tertiary alicyclic amines) is 1. The Hall–Kier alpha value is -1.53. The van der Waals surface area contributed by atoms with E-state index in [1.165, 1.54) is 19.2 Å². The number of carbonyl (C=O) groups excluding carboxylic acids is 1. The van der Waals surface area contributed by atoms with Crippen molar-refractivity contribution < 1.29 is 14.3 Å². The van der Waals surface area contributed by atoms with E-state index in [0.29, 0.717) is 18.2 Å². The number of hydrogen-bond donors (Lipinski definition) is 0. The van der Waals surface area contributed by atoms with E-state index in [1.807, 2.05) is 4.90 Å². The number of nitrogens with zero attached hydrogens (tertiary/aromatic N) is 3. The van der Waals surface area contributed by atoms with Crippen LogP contribution < -0.4 is 0 Å². The van der Waals surface area contributed by atoms with Gasteiger partial charge in [0, 0.05) is 19.4 Å². The van der Waals surface area contributed by atoms with E-state index in [9.17, 15) is 4.79 Å². The molecule has 4 rings (SSSR count). The summed E-state index contributed by atoms with van der Waals surface area (Å²) in [5, 5.41) is 0. The Labute approximate surface area is 129 Å². The lowest BCUT2D eigenvalue weighted by molar-refractivity contribution is -0.0781. The van der Waals surface area contributed by atoms with Crippen LogP contribution in [0.25, 0.3) is 0 Å². The van der Waals surface area contributed by atoms with Crippen molar-refractivity contribution in [3.63, 3.8) is 0 Å². The Morgan fingerprint density at radius 1 is 1.41 bits per heavy atom. The van der Waals surface area contributed by atoms with Gasteiger partial charge in [-0.3, -0.25) is 4.79 Å². The Morgan fingerprint density at radius 3 is 3.09 bits per heavy atom. The minimum atomic E-state index is -0.0413. The van der Waals surface area contributed by atoms with Crippen molar-refractivity contribution >= 4 is 5.91 Å². The zero-order valence-corrected chi connectivity index (χ0v) is 12.6. The van der Waals surface area contributed by atoms with Gasteiger partial charge in [-0.15, -0.1) is 0 Å². The molecule has 1 aromatic rings. The maximum Gasteiger partial charge on any atom is 0.273 e. The Morgan fingerprint density at radius 2 is 2.32 bits per heavy atom. The number of fused-ring (bicyclic) bond motifs is 1. The van der Waals surface area contributed by atoms with Crippen LogP contribution in [0.15, 0.2) is 18.6 Å². The molecule has 0 unspecified atom stereocenters. The number of carbonyl (C=O) groups is 1. The molecule has 6 heteroatoms. The molecule has 1 aromatic heterocycles. The van der Waals surface area contributed by atoms with Gasteiger partial charge in [0.05, 0.1) is 12.6 Å². The summed E-state index contributed by atoms with van der Waals surface area (Å²) in [5.41, 5.74) is 0.446. The Bertz CT molecular complexity index is 535. The summed E-state index contributed by atoms with van der Waals surface area (Å²) in [7, 11) is 0. The molecule has 3 aliphatic rings. The fourth-order valence-corrected chi connectivity index (χ4v) is 3.40. The van der Waals surface area contributed by atoms with Gasteiger partial charge in [-0.2, -0.15) is 0 Å². The first-order chi connectivity index (χ1) is 10.8. The van der Waals surface area contributed by atoms with E-state index in [1.54, 1.807) is 12.3 Å². The van der Waals surface area contributed by atoms with Crippen molar-refractivity contribution in [2.75, 3.05) is 19.8 Å². The predicted octanol–water partition coefficient (Wildman–Crippen LogP) is 1.28. The minimum absolute atomic E-state index is 0.00307. The van der Waals surface area contributed by atoms with Gasteiger partial charge in [-0.1, -0.05) is 0 Å². The molecular weight excluding hydrogens is 282 g/mol. The number of aromatic nitrogens is 2. The number of ether oxygens (including phenoxy) is 2. The molecule has 2 saturated heterocycles. The van der Waals surface area contributed by atoms with E-state index < -0.39 is 0 Å². The summed E-state index contributed by atoms with van der Waals surface area (Å²) in [6.45, 7) is 2.16. The fourth-order valence-electron chi connectivity index (χ4n) is 3.40. The lowest BCUT2D eigenvalue weighted by Gasteiger charge is -2.32. The molecule has 3 heterocycles. The first kappa shape index (κ1) is 14.1.